The first-order valence-corrected chi connectivity index (χ1v) is 4.63. The molecule has 1 atom stereocenters. The molecule has 0 aliphatic rings. The minimum atomic E-state index is -0.543. The van der Waals surface area contributed by atoms with Gasteiger partial charge in [-0.1, -0.05) is 0 Å². The first-order valence-electron chi connectivity index (χ1n) is 4.63. The molecule has 80 valence electrons. The maximum absolute atomic E-state index is 11.3. The molecule has 0 aromatic heterocycles. The Morgan fingerprint density at radius 1 is 1.31 bits per heavy atom. The fraction of sp³-hybridized carbons (Fsp3) is 0.182. The van der Waals surface area contributed by atoms with E-state index in [0.29, 0.717) is 11.3 Å². The molecule has 0 heterocycles. The Morgan fingerprint density at radius 3 is 2.44 bits per heavy atom. The first kappa shape index (κ1) is 11.5. The number of urea groups is 1. The summed E-state index contributed by atoms with van der Waals surface area (Å²) in [6, 6.07) is 9.32. The van der Waals surface area contributed by atoms with E-state index in [9.17, 15) is 4.79 Å². The molecule has 2 amide bonds. The summed E-state index contributed by atoms with van der Waals surface area (Å²) in [7, 11) is 0. The van der Waals surface area contributed by atoms with Crippen molar-refractivity contribution >= 4 is 11.7 Å². The van der Waals surface area contributed by atoms with Gasteiger partial charge in [0.25, 0.3) is 0 Å². The molecule has 1 unspecified atom stereocenters. The Bertz CT molecular complexity index is 452. The summed E-state index contributed by atoms with van der Waals surface area (Å²) in [6.07, 6.45) is 0. The molecule has 0 bridgehead atoms. The minimum Gasteiger partial charge on any atom is -0.322 e. The summed E-state index contributed by atoms with van der Waals surface area (Å²) in [5.41, 5.74) is 1.10. The quantitative estimate of drug-likeness (QED) is 0.783. The normalized spacial score (nSPS) is 10.7. The van der Waals surface area contributed by atoms with Crippen molar-refractivity contribution in [2.45, 2.75) is 13.0 Å². The van der Waals surface area contributed by atoms with Crippen LogP contribution in [0.2, 0.25) is 0 Å². The zero-order valence-electron chi connectivity index (χ0n) is 8.69. The van der Waals surface area contributed by atoms with Gasteiger partial charge in [-0.05, 0) is 31.2 Å². The number of carbonyl (C=O) groups is 1. The lowest BCUT2D eigenvalue weighted by atomic mass is 10.2. The van der Waals surface area contributed by atoms with Gasteiger partial charge in [-0.3, -0.25) is 0 Å². The van der Waals surface area contributed by atoms with Crippen molar-refractivity contribution in [3.63, 3.8) is 0 Å². The lowest BCUT2D eigenvalue weighted by Crippen LogP contribution is -2.35. The molecule has 5 heteroatoms. The average Bonchev–Trinajstić information content (AvgIpc) is 2.29. The third-order valence-electron chi connectivity index (χ3n) is 1.81. The number of amides is 2. The molecular weight excluding hydrogens is 204 g/mol. The standard InChI is InChI=1S/C11H10N4O/c1-8(6-12)14-11(16)15-10-4-2-9(7-13)3-5-10/h2-5,8H,1H3,(H2,14,15,16). The van der Waals surface area contributed by atoms with Gasteiger partial charge in [0.15, 0.2) is 0 Å². The molecule has 16 heavy (non-hydrogen) atoms. The smallest absolute Gasteiger partial charge is 0.320 e. The minimum absolute atomic E-state index is 0.446. The van der Waals surface area contributed by atoms with E-state index in [0.717, 1.165) is 0 Å². The van der Waals surface area contributed by atoms with Crippen molar-refractivity contribution < 1.29 is 4.79 Å². The largest absolute Gasteiger partial charge is 0.322 e. The van der Waals surface area contributed by atoms with Crippen LogP contribution in [0.1, 0.15) is 12.5 Å². The molecule has 0 aliphatic carbocycles. The van der Waals surface area contributed by atoms with E-state index < -0.39 is 12.1 Å². The fourth-order valence-corrected chi connectivity index (χ4v) is 1.02. The Hall–Kier alpha value is -2.53. The van der Waals surface area contributed by atoms with Crippen LogP contribution in [-0.4, -0.2) is 12.1 Å². The van der Waals surface area contributed by atoms with Gasteiger partial charge in [0.2, 0.25) is 0 Å². The molecule has 2 N–H and O–H groups in total. The number of rotatable bonds is 2. The summed E-state index contributed by atoms with van der Waals surface area (Å²) >= 11 is 0. The highest BCUT2D eigenvalue weighted by Gasteiger charge is 2.05. The van der Waals surface area contributed by atoms with Crippen LogP contribution in [0.25, 0.3) is 0 Å². The molecule has 0 spiro atoms. The number of anilines is 1. The van der Waals surface area contributed by atoms with Gasteiger partial charge < -0.3 is 10.6 Å². The Kier molecular flexibility index (Phi) is 3.88. The Morgan fingerprint density at radius 2 is 1.94 bits per heavy atom. The SMILES string of the molecule is CC(C#N)NC(=O)Nc1ccc(C#N)cc1. The van der Waals surface area contributed by atoms with Crippen LogP contribution >= 0.6 is 0 Å². The van der Waals surface area contributed by atoms with Gasteiger partial charge in [0.1, 0.15) is 6.04 Å². The van der Waals surface area contributed by atoms with Crippen LogP contribution in [0, 0.1) is 22.7 Å². The van der Waals surface area contributed by atoms with Crippen LogP contribution in [0.4, 0.5) is 10.5 Å². The van der Waals surface area contributed by atoms with Gasteiger partial charge in [-0.25, -0.2) is 4.79 Å². The zero-order chi connectivity index (χ0) is 12.0. The number of nitrogens with zero attached hydrogens (tertiary/aromatic N) is 2. The summed E-state index contributed by atoms with van der Waals surface area (Å²) in [5.74, 6) is 0. The monoisotopic (exact) mass is 214 g/mol. The number of nitriles is 2. The van der Waals surface area contributed by atoms with Gasteiger partial charge >= 0.3 is 6.03 Å². The number of nitrogens with one attached hydrogen (secondary N) is 2. The van der Waals surface area contributed by atoms with Crippen molar-refractivity contribution in [3.8, 4) is 12.1 Å². The molecule has 0 fully saturated rings. The maximum atomic E-state index is 11.3. The van der Waals surface area contributed by atoms with Crippen molar-refractivity contribution in [1.29, 1.82) is 10.5 Å². The molecule has 0 saturated heterocycles. The van der Waals surface area contributed by atoms with E-state index in [-0.39, 0.29) is 0 Å². The van der Waals surface area contributed by atoms with Crippen LogP contribution in [0.15, 0.2) is 24.3 Å². The Balaban J connectivity index is 2.58. The summed E-state index contributed by atoms with van der Waals surface area (Å²) in [4.78, 5) is 11.3. The molecule has 5 nitrogen and oxygen atoms in total. The molecule has 1 rings (SSSR count). The van der Waals surface area contributed by atoms with Crippen LogP contribution in [-0.2, 0) is 0 Å². The van der Waals surface area contributed by atoms with Gasteiger partial charge in [-0.2, -0.15) is 10.5 Å². The number of hydrogen-bond donors (Lipinski definition) is 2. The van der Waals surface area contributed by atoms with Crippen molar-refractivity contribution in [2.75, 3.05) is 5.32 Å². The molecule has 0 radical (unpaired) electrons. The summed E-state index contributed by atoms with van der Waals surface area (Å²) < 4.78 is 0. The first-order chi connectivity index (χ1) is 7.65. The fourth-order valence-electron chi connectivity index (χ4n) is 1.02. The van der Waals surface area contributed by atoms with Crippen molar-refractivity contribution in [3.05, 3.63) is 29.8 Å². The average molecular weight is 214 g/mol. The second-order valence-corrected chi connectivity index (χ2v) is 3.14. The van der Waals surface area contributed by atoms with Crippen LogP contribution in [0.3, 0.4) is 0 Å². The van der Waals surface area contributed by atoms with Gasteiger partial charge in [0.05, 0.1) is 17.7 Å². The third kappa shape index (κ3) is 3.32. The summed E-state index contributed by atoms with van der Waals surface area (Å²) in [5, 5.41) is 22.0. The van der Waals surface area contributed by atoms with Crippen molar-refractivity contribution in [2.24, 2.45) is 0 Å². The zero-order valence-corrected chi connectivity index (χ0v) is 8.69. The van der Waals surface area contributed by atoms with E-state index in [1.165, 1.54) is 0 Å². The lowest BCUT2D eigenvalue weighted by molar-refractivity contribution is 0.251. The van der Waals surface area contributed by atoms with E-state index in [2.05, 4.69) is 10.6 Å². The third-order valence-corrected chi connectivity index (χ3v) is 1.81. The van der Waals surface area contributed by atoms with E-state index >= 15 is 0 Å². The number of benzene rings is 1. The maximum Gasteiger partial charge on any atom is 0.320 e. The van der Waals surface area contributed by atoms with Crippen molar-refractivity contribution in [1.82, 2.24) is 5.32 Å². The molecule has 1 aromatic rings. The van der Waals surface area contributed by atoms with E-state index in [1.54, 1.807) is 31.2 Å². The predicted octanol–water partition coefficient (Wildman–Crippen LogP) is 1.59. The van der Waals surface area contributed by atoms with Crippen LogP contribution in [0.5, 0.6) is 0 Å². The number of carbonyl (C=O) groups excluding carboxylic acids is 1. The topological polar surface area (TPSA) is 88.7 Å². The lowest BCUT2D eigenvalue weighted by Gasteiger charge is -2.08. The van der Waals surface area contributed by atoms with E-state index in [4.69, 9.17) is 10.5 Å². The highest BCUT2D eigenvalue weighted by Crippen LogP contribution is 2.08. The molecular formula is C11H10N4O. The van der Waals surface area contributed by atoms with E-state index in [1.807, 2.05) is 12.1 Å². The van der Waals surface area contributed by atoms with Gasteiger partial charge in [-0.15, -0.1) is 0 Å². The second-order valence-electron chi connectivity index (χ2n) is 3.14. The summed E-state index contributed by atoms with van der Waals surface area (Å²) in [6.45, 7) is 1.58. The Labute approximate surface area is 93.3 Å². The molecule has 1 aromatic carbocycles. The van der Waals surface area contributed by atoms with Crippen LogP contribution < -0.4 is 10.6 Å². The highest BCUT2D eigenvalue weighted by molar-refractivity contribution is 5.89. The molecule has 0 aliphatic heterocycles. The number of hydrogen-bond acceptors (Lipinski definition) is 3. The van der Waals surface area contributed by atoms with Gasteiger partial charge in [0, 0.05) is 5.69 Å². The highest BCUT2D eigenvalue weighted by atomic mass is 16.2. The molecule has 0 saturated carbocycles. The predicted molar refractivity (Wildman–Crippen MR) is 58.4 cm³/mol. The second kappa shape index (κ2) is 5.38.